The van der Waals surface area contributed by atoms with E-state index in [4.69, 9.17) is 23.7 Å². The van der Waals surface area contributed by atoms with Gasteiger partial charge in [-0.1, -0.05) is 27.4 Å². The Morgan fingerprint density at radius 2 is 1.57 bits per heavy atom. The number of hydrogen-bond acceptors (Lipinski definition) is 16. The van der Waals surface area contributed by atoms with Crippen LogP contribution in [0.3, 0.4) is 0 Å². The first-order valence-corrected chi connectivity index (χ1v) is 16.9. The molecular formula is C26H44N2O16S2. The van der Waals surface area contributed by atoms with Crippen LogP contribution in [-0.4, -0.2) is 159 Å². The molecule has 20 heteroatoms. The lowest BCUT2D eigenvalue weighted by Gasteiger charge is -2.50. The molecule has 3 heterocycles. The summed E-state index contributed by atoms with van der Waals surface area (Å²) in [5, 5.41) is 66.2. The summed E-state index contributed by atoms with van der Waals surface area (Å²) in [5.41, 5.74) is -1.25. The Morgan fingerprint density at radius 3 is 2.09 bits per heavy atom. The van der Waals surface area contributed by atoms with Gasteiger partial charge in [0, 0.05) is 12.2 Å². The first-order valence-electron chi connectivity index (χ1n) is 14.5. The van der Waals surface area contributed by atoms with E-state index >= 15 is 0 Å². The molecule has 0 spiro atoms. The third-order valence-electron chi connectivity index (χ3n) is 7.90. The number of ether oxygens (including phenoxy) is 5. The summed E-state index contributed by atoms with van der Waals surface area (Å²) in [6, 6.07) is -2.75. The number of hydrogen-bond donors (Lipinski definition) is 9. The van der Waals surface area contributed by atoms with Crippen molar-refractivity contribution < 1.29 is 76.9 Å². The standard InChI is InChI=1S/C26H44N2O16S2/c1-6-14(32)27-15-10(4)45-26(19(35)18(15)34)44-24-20(36)21(9(2)3)41-13(8-30)22(24)43-25-16(28-46(37,38)39)23(40-11(5)31)17(33)12(7-29)42-25/h6,9-10,12-13,15-26,28-30,33-36H,1,7-8H2,2-5H3,(H,27,32)(H,37,38,39)/t10-,12+,13+,15+,16+,17-,18+,19-,20-,21-,22+,23+,24+,25+,26+/m0/s1. The molecule has 15 atom stereocenters. The predicted molar refractivity (Wildman–Crippen MR) is 157 cm³/mol. The summed E-state index contributed by atoms with van der Waals surface area (Å²) >= 11 is 1.01. The summed E-state index contributed by atoms with van der Waals surface area (Å²) < 4.78 is 64.0. The molecule has 0 aromatic heterocycles. The number of esters is 1. The van der Waals surface area contributed by atoms with Gasteiger partial charge in [-0.15, -0.1) is 11.8 Å². The molecule has 1 amide bonds. The molecule has 0 radical (unpaired) electrons. The maximum atomic E-state index is 11.9. The second-order valence-corrected chi connectivity index (χ2v) is 14.3. The van der Waals surface area contributed by atoms with Crippen LogP contribution in [0.25, 0.3) is 0 Å². The molecule has 0 aromatic rings. The molecule has 0 aromatic carbocycles. The lowest BCUT2D eigenvalue weighted by atomic mass is 9.88. The minimum atomic E-state index is -5.07. The Labute approximate surface area is 270 Å². The summed E-state index contributed by atoms with van der Waals surface area (Å²) in [6.45, 7) is 7.84. The molecule has 0 unspecified atom stereocenters. The first-order chi connectivity index (χ1) is 21.4. The Hall–Kier alpha value is -1.50. The third-order valence-corrected chi connectivity index (χ3v) is 9.85. The van der Waals surface area contributed by atoms with Crippen LogP contribution >= 0.6 is 11.8 Å². The van der Waals surface area contributed by atoms with Crippen molar-refractivity contribution in [2.45, 2.75) is 118 Å². The molecule has 0 aliphatic carbocycles. The van der Waals surface area contributed by atoms with E-state index in [0.29, 0.717) is 0 Å². The zero-order chi connectivity index (χ0) is 34.7. The number of carbonyl (C=O) groups is 2. The first kappa shape index (κ1) is 38.9. The Bertz CT molecular complexity index is 1160. The van der Waals surface area contributed by atoms with Crippen molar-refractivity contribution in [3.63, 3.8) is 0 Å². The number of aliphatic hydroxyl groups excluding tert-OH is 6. The van der Waals surface area contributed by atoms with Gasteiger partial charge in [-0.25, -0.2) is 0 Å². The van der Waals surface area contributed by atoms with Crippen molar-refractivity contribution in [2.24, 2.45) is 5.92 Å². The van der Waals surface area contributed by atoms with Gasteiger partial charge < -0.3 is 59.6 Å². The SMILES string of the molecule is C=CC(=O)N[C@H]1[C@@H](O)[C@H](O)[C@H](O[C@@H]2[C@@H](O)[C@H](C(C)C)O[C@H](CO)[C@H]2O[C@H]2O[C@H](CO)[C@H](O)[C@H](OC(C)=O)[C@H]2NS(=O)(=O)O)S[C@H]1C. The minimum absolute atomic E-state index is 0.356. The molecule has 0 saturated carbocycles. The molecule has 3 saturated heterocycles. The van der Waals surface area contributed by atoms with Crippen molar-refractivity contribution in [3.05, 3.63) is 12.7 Å². The molecule has 46 heavy (non-hydrogen) atoms. The van der Waals surface area contributed by atoms with Gasteiger partial charge in [0.05, 0.1) is 25.4 Å². The zero-order valence-electron chi connectivity index (χ0n) is 25.6. The van der Waals surface area contributed by atoms with E-state index < -0.39 is 125 Å². The molecule has 3 fully saturated rings. The lowest BCUT2D eigenvalue weighted by molar-refractivity contribution is -0.331. The Kier molecular flexibility index (Phi) is 13.8. The molecule has 18 nitrogen and oxygen atoms in total. The van der Waals surface area contributed by atoms with E-state index in [9.17, 15) is 53.2 Å². The second-order valence-electron chi connectivity index (χ2n) is 11.6. The van der Waals surface area contributed by atoms with Crippen LogP contribution in [0.1, 0.15) is 27.7 Å². The van der Waals surface area contributed by atoms with Crippen molar-refractivity contribution in [1.82, 2.24) is 10.0 Å². The Balaban J connectivity index is 2.00. The number of amides is 1. The van der Waals surface area contributed by atoms with Crippen LogP contribution in [-0.2, 0) is 43.6 Å². The van der Waals surface area contributed by atoms with Gasteiger partial charge in [0.2, 0.25) is 5.91 Å². The van der Waals surface area contributed by atoms with Crippen LogP contribution in [0.2, 0.25) is 0 Å². The van der Waals surface area contributed by atoms with Crippen molar-refractivity contribution in [3.8, 4) is 0 Å². The third kappa shape index (κ3) is 9.14. The molecule has 9 N–H and O–H groups in total. The van der Waals surface area contributed by atoms with Crippen LogP contribution < -0.4 is 10.0 Å². The summed E-state index contributed by atoms with van der Waals surface area (Å²) in [5.74, 6) is -1.90. The van der Waals surface area contributed by atoms with E-state index in [-0.39, 0.29) is 5.92 Å². The van der Waals surface area contributed by atoms with Crippen LogP contribution in [0.4, 0.5) is 0 Å². The average molecular weight is 705 g/mol. The van der Waals surface area contributed by atoms with Crippen molar-refractivity contribution >= 4 is 33.9 Å². The van der Waals surface area contributed by atoms with E-state index in [2.05, 4.69) is 11.9 Å². The van der Waals surface area contributed by atoms with Gasteiger partial charge in [0.15, 0.2) is 12.4 Å². The molecule has 3 rings (SSSR count). The predicted octanol–water partition coefficient (Wildman–Crippen LogP) is -3.84. The maximum Gasteiger partial charge on any atom is 0.333 e. The van der Waals surface area contributed by atoms with Gasteiger partial charge >= 0.3 is 16.3 Å². The summed E-state index contributed by atoms with van der Waals surface area (Å²) in [4.78, 5) is 23.8. The van der Waals surface area contributed by atoms with E-state index in [1.54, 1.807) is 25.5 Å². The van der Waals surface area contributed by atoms with E-state index in [0.717, 1.165) is 24.8 Å². The topological polar surface area (TPSA) is 280 Å². The monoisotopic (exact) mass is 704 g/mol. The minimum Gasteiger partial charge on any atom is -0.458 e. The van der Waals surface area contributed by atoms with Crippen molar-refractivity contribution in [2.75, 3.05) is 13.2 Å². The van der Waals surface area contributed by atoms with Crippen molar-refractivity contribution in [1.29, 1.82) is 0 Å². The van der Waals surface area contributed by atoms with Gasteiger partial charge in [0.1, 0.15) is 60.3 Å². The highest BCUT2D eigenvalue weighted by molar-refractivity contribution is 8.00. The van der Waals surface area contributed by atoms with Gasteiger partial charge in [-0.2, -0.15) is 13.1 Å². The summed E-state index contributed by atoms with van der Waals surface area (Å²) in [7, 11) is -5.07. The smallest absolute Gasteiger partial charge is 0.333 e. The quantitative estimate of drug-likeness (QED) is 0.0534. The number of aliphatic hydroxyl groups is 6. The highest BCUT2D eigenvalue weighted by atomic mass is 32.2. The maximum absolute atomic E-state index is 11.9. The van der Waals surface area contributed by atoms with Gasteiger partial charge in [0.25, 0.3) is 0 Å². The largest absolute Gasteiger partial charge is 0.458 e. The summed E-state index contributed by atoms with van der Waals surface area (Å²) in [6.07, 6.45) is -15.9. The molecule has 0 bridgehead atoms. The number of carbonyl (C=O) groups excluding carboxylic acids is 2. The van der Waals surface area contributed by atoms with Crippen LogP contribution in [0, 0.1) is 5.92 Å². The van der Waals surface area contributed by atoms with Crippen LogP contribution in [0.5, 0.6) is 0 Å². The normalized spacial score (nSPS) is 42.0. The highest BCUT2D eigenvalue weighted by Gasteiger charge is 2.55. The van der Waals surface area contributed by atoms with E-state index in [1.807, 2.05) is 0 Å². The average Bonchev–Trinajstić information content (AvgIpc) is 2.97. The fourth-order valence-corrected chi connectivity index (χ4v) is 7.59. The molecule has 266 valence electrons. The number of nitrogens with one attached hydrogen (secondary N) is 2. The fourth-order valence-electron chi connectivity index (χ4n) is 5.66. The second kappa shape index (κ2) is 16.3. The zero-order valence-corrected chi connectivity index (χ0v) is 27.2. The van der Waals surface area contributed by atoms with E-state index in [1.165, 1.54) is 0 Å². The lowest BCUT2D eigenvalue weighted by Crippen LogP contribution is -2.69. The molecule has 3 aliphatic heterocycles. The van der Waals surface area contributed by atoms with Gasteiger partial charge in [-0.3, -0.25) is 14.1 Å². The molecule has 3 aliphatic rings. The Morgan fingerprint density at radius 1 is 0.935 bits per heavy atom. The fraction of sp³-hybridized carbons (Fsp3) is 0.846. The molecular weight excluding hydrogens is 660 g/mol. The van der Waals surface area contributed by atoms with Crippen LogP contribution in [0.15, 0.2) is 12.7 Å². The number of thioether (sulfide) groups is 1. The van der Waals surface area contributed by atoms with Gasteiger partial charge in [-0.05, 0) is 12.0 Å². The number of rotatable bonds is 12. The highest BCUT2D eigenvalue weighted by Crippen LogP contribution is 2.39.